The molecular weight excluding hydrogens is 322 g/mol. The van der Waals surface area contributed by atoms with Gasteiger partial charge in [0.15, 0.2) is 0 Å². The Kier molecular flexibility index (Phi) is 3.75. The summed E-state index contributed by atoms with van der Waals surface area (Å²) in [4.78, 5) is 22.8. The Morgan fingerprint density at radius 2 is 2.00 bits per heavy atom. The third-order valence-electron chi connectivity index (χ3n) is 4.08. The van der Waals surface area contributed by atoms with Gasteiger partial charge < -0.3 is 4.90 Å². The second-order valence-electron chi connectivity index (χ2n) is 5.72. The van der Waals surface area contributed by atoms with Crippen LogP contribution >= 0.6 is 11.6 Å². The van der Waals surface area contributed by atoms with Gasteiger partial charge in [-0.25, -0.2) is 0 Å². The number of fused-ring (bicyclic) bond motifs is 1. The lowest BCUT2D eigenvalue weighted by atomic mass is 10.1. The van der Waals surface area contributed by atoms with Gasteiger partial charge in [-0.05, 0) is 35.4 Å². The highest BCUT2D eigenvalue weighted by molar-refractivity contribution is 6.30. The fourth-order valence-corrected chi connectivity index (χ4v) is 3.09. The summed E-state index contributed by atoms with van der Waals surface area (Å²) in [6.07, 6.45) is 5.64. The predicted octanol–water partition coefficient (Wildman–Crippen LogP) is 3.89. The summed E-state index contributed by atoms with van der Waals surface area (Å²) >= 11 is 6.08. The Hall–Kier alpha value is -2.72. The van der Waals surface area contributed by atoms with Crippen LogP contribution in [0.3, 0.4) is 0 Å². The van der Waals surface area contributed by atoms with Gasteiger partial charge >= 0.3 is 0 Å². The normalized spacial score (nSPS) is 13.2. The molecule has 1 amide bonds. The van der Waals surface area contributed by atoms with Crippen LogP contribution in [-0.4, -0.2) is 15.9 Å². The van der Waals surface area contributed by atoms with Crippen LogP contribution in [0.4, 0.5) is 5.69 Å². The number of pyridine rings is 2. The van der Waals surface area contributed by atoms with Gasteiger partial charge in [0.2, 0.25) is 5.91 Å². The van der Waals surface area contributed by atoms with Crippen molar-refractivity contribution in [2.24, 2.45) is 0 Å². The van der Waals surface area contributed by atoms with Gasteiger partial charge in [0.1, 0.15) is 0 Å². The van der Waals surface area contributed by atoms with Crippen LogP contribution in [0.25, 0.3) is 11.1 Å². The highest BCUT2D eigenvalue weighted by Crippen LogP contribution is 2.33. The largest absolute Gasteiger partial charge is 0.306 e. The lowest BCUT2D eigenvalue weighted by Crippen LogP contribution is -2.26. The van der Waals surface area contributed by atoms with Gasteiger partial charge in [-0.1, -0.05) is 29.8 Å². The Morgan fingerprint density at radius 1 is 1.08 bits per heavy atom. The molecule has 24 heavy (non-hydrogen) atoms. The number of aromatic nitrogens is 2. The quantitative estimate of drug-likeness (QED) is 0.729. The van der Waals surface area contributed by atoms with E-state index in [4.69, 9.17) is 11.6 Å². The highest BCUT2D eigenvalue weighted by Gasteiger charge is 2.28. The number of rotatable bonds is 3. The molecule has 0 atom stereocenters. The number of benzene rings is 1. The lowest BCUT2D eigenvalue weighted by Gasteiger charge is -2.17. The van der Waals surface area contributed by atoms with Gasteiger partial charge in [-0.2, -0.15) is 0 Å². The lowest BCUT2D eigenvalue weighted by molar-refractivity contribution is -0.117. The topological polar surface area (TPSA) is 46.1 Å². The van der Waals surface area contributed by atoms with Crippen molar-refractivity contribution in [1.29, 1.82) is 0 Å². The number of hydrogen-bond acceptors (Lipinski definition) is 3. The van der Waals surface area contributed by atoms with E-state index in [0.717, 1.165) is 28.1 Å². The summed E-state index contributed by atoms with van der Waals surface area (Å²) in [7, 11) is 0. The van der Waals surface area contributed by atoms with Crippen molar-refractivity contribution in [2.75, 3.05) is 4.90 Å². The van der Waals surface area contributed by atoms with Crippen molar-refractivity contribution in [3.63, 3.8) is 0 Å². The number of anilines is 1. The molecule has 1 aromatic carbocycles. The van der Waals surface area contributed by atoms with Crippen LogP contribution in [-0.2, 0) is 17.8 Å². The maximum atomic E-state index is 12.4. The standard InChI is InChI=1S/C19H14ClN3O/c20-16-5-1-4-14(7-16)15-8-18-17(22-11-15)9-19(24)23(18)12-13-3-2-6-21-10-13/h1-8,10-11H,9,12H2. The minimum atomic E-state index is 0.0598. The van der Waals surface area contributed by atoms with Crippen molar-refractivity contribution in [3.05, 3.63) is 77.3 Å². The van der Waals surface area contributed by atoms with E-state index in [9.17, 15) is 4.79 Å². The molecule has 3 aromatic rings. The van der Waals surface area contributed by atoms with E-state index in [-0.39, 0.29) is 5.91 Å². The molecule has 5 heteroatoms. The molecule has 0 N–H and O–H groups in total. The van der Waals surface area contributed by atoms with Crippen LogP contribution in [0.1, 0.15) is 11.3 Å². The van der Waals surface area contributed by atoms with E-state index < -0.39 is 0 Å². The molecule has 3 heterocycles. The maximum absolute atomic E-state index is 12.4. The average Bonchev–Trinajstić information content (AvgIpc) is 2.91. The second kappa shape index (κ2) is 6.06. The molecule has 0 saturated carbocycles. The second-order valence-corrected chi connectivity index (χ2v) is 6.15. The van der Waals surface area contributed by atoms with Crippen LogP contribution in [0, 0.1) is 0 Å². The van der Waals surface area contributed by atoms with Gasteiger partial charge in [0.05, 0.1) is 24.3 Å². The summed E-state index contributed by atoms with van der Waals surface area (Å²) < 4.78 is 0. The zero-order valence-corrected chi connectivity index (χ0v) is 13.6. The number of hydrogen-bond donors (Lipinski definition) is 0. The number of halogens is 1. The smallest absolute Gasteiger partial charge is 0.233 e. The SMILES string of the molecule is O=C1Cc2ncc(-c3cccc(Cl)c3)cc2N1Cc1cccnc1. The van der Waals surface area contributed by atoms with Gasteiger partial charge in [0, 0.05) is 29.2 Å². The minimum Gasteiger partial charge on any atom is -0.306 e. The Balaban J connectivity index is 1.71. The molecule has 1 aliphatic rings. The van der Waals surface area contributed by atoms with Crippen molar-refractivity contribution in [2.45, 2.75) is 13.0 Å². The molecule has 0 unspecified atom stereocenters. The monoisotopic (exact) mass is 335 g/mol. The van der Waals surface area contributed by atoms with E-state index in [1.807, 2.05) is 42.5 Å². The van der Waals surface area contributed by atoms with E-state index in [1.54, 1.807) is 23.5 Å². The molecule has 118 valence electrons. The van der Waals surface area contributed by atoms with E-state index >= 15 is 0 Å². The first kappa shape index (κ1) is 14.8. The van der Waals surface area contributed by atoms with Crippen LogP contribution < -0.4 is 4.90 Å². The van der Waals surface area contributed by atoms with E-state index in [1.165, 1.54) is 0 Å². The molecule has 4 rings (SSSR count). The summed E-state index contributed by atoms with van der Waals surface area (Å²) in [5, 5.41) is 0.677. The Morgan fingerprint density at radius 3 is 2.79 bits per heavy atom. The van der Waals surface area contributed by atoms with Crippen molar-refractivity contribution < 1.29 is 4.79 Å². The zero-order chi connectivity index (χ0) is 16.5. The third-order valence-corrected chi connectivity index (χ3v) is 4.31. The van der Waals surface area contributed by atoms with Gasteiger partial charge in [-0.3, -0.25) is 14.8 Å². The highest BCUT2D eigenvalue weighted by atomic mass is 35.5. The van der Waals surface area contributed by atoms with Crippen LogP contribution in [0.5, 0.6) is 0 Å². The Labute approximate surface area is 144 Å². The third kappa shape index (κ3) is 2.76. The zero-order valence-electron chi connectivity index (χ0n) is 12.8. The molecule has 0 aliphatic carbocycles. The van der Waals surface area contributed by atoms with E-state index in [2.05, 4.69) is 9.97 Å². The summed E-state index contributed by atoms with van der Waals surface area (Å²) in [5.74, 6) is 0.0598. The van der Waals surface area contributed by atoms with Crippen molar-refractivity contribution in [3.8, 4) is 11.1 Å². The molecule has 2 aromatic heterocycles. The van der Waals surface area contributed by atoms with Gasteiger partial charge in [-0.15, -0.1) is 0 Å². The first-order valence-corrected chi connectivity index (χ1v) is 8.02. The molecule has 1 aliphatic heterocycles. The summed E-state index contributed by atoms with van der Waals surface area (Å²) in [6, 6.07) is 13.5. The molecule has 0 saturated heterocycles. The maximum Gasteiger partial charge on any atom is 0.233 e. The number of nitrogens with zero attached hydrogens (tertiary/aromatic N) is 3. The van der Waals surface area contributed by atoms with E-state index in [0.29, 0.717) is 18.0 Å². The number of amides is 1. The summed E-state index contributed by atoms with van der Waals surface area (Å²) in [6.45, 7) is 0.500. The number of carbonyl (C=O) groups excluding carboxylic acids is 1. The fraction of sp³-hybridized carbons (Fsp3) is 0.105. The molecule has 0 spiro atoms. The summed E-state index contributed by atoms with van der Waals surface area (Å²) in [5.41, 5.74) is 4.60. The van der Waals surface area contributed by atoms with Crippen LogP contribution in [0.2, 0.25) is 5.02 Å². The van der Waals surface area contributed by atoms with Gasteiger partial charge in [0.25, 0.3) is 0 Å². The van der Waals surface area contributed by atoms with Crippen LogP contribution in [0.15, 0.2) is 61.1 Å². The first-order valence-electron chi connectivity index (χ1n) is 7.65. The fourth-order valence-electron chi connectivity index (χ4n) is 2.90. The molecule has 0 fully saturated rings. The first-order chi connectivity index (χ1) is 11.7. The van der Waals surface area contributed by atoms with Crippen molar-refractivity contribution in [1.82, 2.24) is 9.97 Å². The Bertz CT molecular complexity index is 911. The average molecular weight is 336 g/mol. The molecule has 0 radical (unpaired) electrons. The molecule has 0 bridgehead atoms. The molecular formula is C19H14ClN3O. The number of carbonyl (C=O) groups is 1. The molecule has 4 nitrogen and oxygen atoms in total. The van der Waals surface area contributed by atoms with Crippen molar-refractivity contribution >= 4 is 23.2 Å². The predicted molar refractivity (Wildman–Crippen MR) is 93.8 cm³/mol. The minimum absolute atomic E-state index is 0.0598.